The van der Waals surface area contributed by atoms with Crippen LogP contribution in [0.4, 0.5) is 11.4 Å². The summed E-state index contributed by atoms with van der Waals surface area (Å²) < 4.78 is 10.2. The highest BCUT2D eigenvalue weighted by Gasteiger charge is 2.13. The van der Waals surface area contributed by atoms with E-state index in [9.17, 15) is 4.79 Å². The van der Waals surface area contributed by atoms with Gasteiger partial charge >= 0.3 is 5.97 Å². The number of carbonyl (C=O) groups excluding carboxylic acids is 1. The maximum atomic E-state index is 11.8. The molecule has 1 heterocycles. The van der Waals surface area contributed by atoms with Crippen LogP contribution in [-0.2, 0) is 9.47 Å². The van der Waals surface area contributed by atoms with E-state index in [1.54, 1.807) is 12.1 Å². The molecule has 1 saturated heterocycles. The Bertz CT molecular complexity index is 864. The van der Waals surface area contributed by atoms with Crippen LogP contribution in [0.2, 0.25) is 0 Å². The zero-order chi connectivity index (χ0) is 20.8. The highest BCUT2D eigenvalue weighted by Crippen LogP contribution is 2.21. The van der Waals surface area contributed by atoms with Crippen molar-refractivity contribution in [2.45, 2.75) is 19.9 Å². The lowest BCUT2D eigenvalue weighted by atomic mass is 10.1. The van der Waals surface area contributed by atoms with E-state index in [-0.39, 0.29) is 12.0 Å². The maximum absolute atomic E-state index is 11.8. The number of anilines is 2. The summed E-state index contributed by atoms with van der Waals surface area (Å²) >= 11 is 5.48. The summed E-state index contributed by atoms with van der Waals surface area (Å²) in [6.07, 6.45) is 0. The van der Waals surface area contributed by atoms with E-state index in [2.05, 4.69) is 46.7 Å². The van der Waals surface area contributed by atoms with E-state index >= 15 is 0 Å². The minimum Gasteiger partial charge on any atom is -0.465 e. The second-order valence-electron chi connectivity index (χ2n) is 7.03. The molecule has 7 heteroatoms. The van der Waals surface area contributed by atoms with Crippen molar-refractivity contribution >= 4 is 34.7 Å². The third kappa shape index (κ3) is 5.46. The van der Waals surface area contributed by atoms with Gasteiger partial charge in [0.15, 0.2) is 5.11 Å². The molecule has 29 heavy (non-hydrogen) atoms. The van der Waals surface area contributed by atoms with Gasteiger partial charge in [-0.2, -0.15) is 0 Å². The molecule has 2 aromatic carbocycles. The first-order valence-corrected chi connectivity index (χ1v) is 10.1. The molecule has 6 nitrogen and oxygen atoms in total. The van der Waals surface area contributed by atoms with Crippen molar-refractivity contribution in [3.05, 3.63) is 59.2 Å². The fourth-order valence-electron chi connectivity index (χ4n) is 3.24. The van der Waals surface area contributed by atoms with Gasteiger partial charge in [0.05, 0.1) is 31.9 Å². The van der Waals surface area contributed by atoms with Crippen LogP contribution in [0.15, 0.2) is 42.5 Å². The summed E-state index contributed by atoms with van der Waals surface area (Å²) in [6, 6.07) is 13.9. The number of ether oxygens (including phenoxy) is 2. The lowest BCUT2D eigenvalue weighted by Gasteiger charge is -2.29. The zero-order valence-corrected chi connectivity index (χ0v) is 17.8. The molecule has 2 N–H and O–H groups in total. The molecule has 2 aromatic rings. The number of methoxy groups -OCH3 is 1. The van der Waals surface area contributed by atoms with Gasteiger partial charge in [-0.1, -0.05) is 18.2 Å². The predicted octanol–water partition coefficient (Wildman–Crippen LogP) is 3.67. The standard InChI is InChI=1S/C22H27N3O3S/c1-15-4-5-18(21(26)27-3)14-20(15)24-22(29)23-16(2)17-6-8-19(9-7-17)25-10-12-28-13-11-25/h4-9,14,16H,10-13H2,1-3H3,(H2,23,24,29). The van der Waals surface area contributed by atoms with Crippen molar-refractivity contribution in [1.29, 1.82) is 0 Å². The summed E-state index contributed by atoms with van der Waals surface area (Å²) in [5.74, 6) is -0.374. The third-order valence-corrected chi connectivity index (χ3v) is 5.24. The van der Waals surface area contributed by atoms with Crippen LogP contribution in [0.25, 0.3) is 0 Å². The Labute approximate surface area is 177 Å². The van der Waals surface area contributed by atoms with Gasteiger partial charge in [0.25, 0.3) is 0 Å². The normalized spacial score (nSPS) is 14.8. The molecule has 1 aliphatic heterocycles. The van der Waals surface area contributed by atoms with Crippen LogP contribution in [0, 0.1) is 6.92 Å². The van der Waals surface area contributed by atoms with E-state index in [0.29, 0.717) is 10.7 Å². The van der Waals surface area contributed by atoms with Crippen molar-refractivity contribution in [1.82, 2.24) is 5.32 Å². The van der Waals surface area contributed by atoms with Crippen LogP contribution in [0.3, 0.4) is 0 Å². The molecule has 0 aliphatic carbocycles. The van der Waals surface area contributed by atoms with Crippen molar-refractivity contribution in [2.24, 2.45) is 0 Å². The van der Waals surface area contributed by atoms with Gasteiger partial charge in [-0.15, -0.1) is 0 Å². The summed E-state index contributed by atoms with van der Waals surface area (Å²) in [6.45, 7) is 7.41. The molecule has 1 atom stereocenters. The molecule has 1 fully saturated rings. The fraction of sp³-hybridized carbons (Fsp3) is 0.364. The third-order valence-electron chi connectivity index (χ3n) is 5.02. The van der Waals surface area contributed by atoms with Crippen LogP contribution in [0.1, 0.15) is 34.5 Å². The quantitative estimate of drug-likeness (QED) is 0.573. The highest BCUT2D eigenvalue weighted by molar-refractivity contribution is 7.80. The molecule has 1 unspecified atom stereocenters. The second-order valence-corrected chi connectivity index (χ2v) is 7.44. The van der Waals surface area contributed by atoms with Gasteiger partial charge in [-0.3, -0.25) is 0 Å². The number of benzene rings is 2. The van der Waals surface area contributed by atoms with Crippen LogP contribution in [-0.4, -0.2) is 44.5 Å². The maximum Gasteiger partial charge on any atom is 0.337 e. The van der Waals surface area contributed by atoms with Gasteiger partial charge < -0.3 is 25.0 Å². The Morgan fingerprint density at radius 3 is 2.52 bits per heavy atom. The number of hydrogen-bond acceptors (Lipinski definition) is 5. The number of carbonyl (C=O) groups is 1. The van der Waals surface area contributed by atoms with E-state index in [1.807, 2.05) is 13.0 Å². The number of morpholine rings is 1. The Balaban J connectivity index is 1.61. The number of esters is 1. The van der Waals surface area contributed by atoms with Crippen molar-refractivity contribution in [3.63, 3.8) is 0 Å². The van der Waals surface area contributed by atoms with Gasteiger partial charge in [-0.05, 0) is 61.5 Å². The van der Waals surface area contributed by atoms with Crippen LogP contribution in [0.5, 0.6) is 0 Å². The van der Waals surface area contributed by atoms with E-state index < -0.39 is 0 Å². The Kier molecular flexibility index (Phi) is 7.06. The number of aryl methyl sites for hydroxylation is 1. The monoisotopic (exact) mass is 413 g/mol. The number of rotatable bonds is 5. The average molecular weight is 414 g/mol. The van der Waals surface area contributed by atoms with Crippen LogP contribution >= 0.6 is 12.2 Å². The molecule has 0 spiro atoms. The number of thiocarbonyl (C=S) groups is 1. The molecule has 1 aliphatic rings. The van der Waals surface area contributed by atoms with Crippen molar-refractivity contribution in [3.8, 4) is 0 Å². The summed E-state index contributed by atoms with van der Waals surface area (Å²) in [5, 5.41) is 6.99. The van der Waals surface area contributed by atoms with E-state index in [1.165, 1.54) is 12.8 Å². The number of nitrogens with zero attached hydrogens (tertiary/aromatic N) is 1. The van der Waals surface area contributed by atoms with Crippen molar-refractivity contribution < 1.29 is 14.3 Å². The topological polar surface area (TPSA) is 62.8 Å². The van der Waals surface area contributed by atoms with E-state index in [4.69, 9.17) is 21.7 Å². The largest absolute Gasteiger partial charge is 0.465 e. The van der Waals surface area contributed by atoms with Crippen molar-refractivity contribution in [2.75, 3.05) is 43.6 Å². The Hall–Kier alpha value is -2.64. The van der Waals surface area contributed by atoms with Crippen LogP contribution < -0.4 is 15.5 Å². The Morgan fingerprint density at radius 2 is 1.86 bits per heavy atom. The highest BCUT2D eigenvalue weighted by atomic mass is 32.1. The number of nitrogens with one attached hydrogen (secondary N) is 2. The lowest BCUT2D eigenvalue weighted by Crippen LogP contribution is -2.36. The molecule has 0 radical (unpaired) electrons. The van der Waals surface area contributed by atoms with E-state index in [0.717, 1.165) is 43.1 Å². The first-order valence-electron chi connectivity index (χ1n) is 9.67. The minimum atomic E-state index is -0.374. The fourth-order valence-corrected chi connectivity index (χ4v) is 3.52. The summed E-state index contributed by atoms with van der Waals surface area (Å²) in [7, 11) is 1.37. The lowest BCUT2D eigenvalue weighted by molar-refractivity contribution is 0.0601. The molecule has 0 saturated carbocycles. The zero-order valence-electron chi connectivity index (χ0n) is 17.0. The van der Waals surface area contributed by atoms with Gasteiger partial charge in [0.2, 0.25) is 0 Å². The molecule has 3 rings (SSSR count). The molecule has 0 bridgehead atoms. The SMILES string of the molecule is COC(=O)c1ccc(C)c(NC(=S)NC(C)c2ccc(N3CCOCC3)cc2)c1. The first-order chi connectivity index (χ1) is 14.0. The Morgan fingerprint density at radius 1 is 1.17 bits per heavy atom. The second kappa shape index (κ2) is 9.71. The van der Waals surface area contributed by atoms with Gasteiger partial charge in [0, 0.05) is 24.5 Å². The molecular formula is C22H27N3O3S. The molecule has 154 valence electrons. The molecular weight excluding hydrogens is 386 g/mol. The smallest absolute Gasteiger partial charge is 0.337 e. The summed E-state index contributed by atoms with van der Waals surface area (Å²) in [4.78, 5) is 14.1. The molecule has 0 aromatic heterocycles. The predicted molar refractivity (Wildman–Crippen MR) is 120 cm³/mol. The molecule has 0 amide bonds. The van der Waals surface area contributed by atoms with Gasteiger partial charge in [0.1, 0.15) is 0 Å². The summed E-state index contributed by atoms with van der Waals surface area (Å²) in [5.41, 5.74) is 4.60. The minimum absolute atomic E-state index is 0.0397. The first kappa shape index (κ1) is 21.1. The number of hydrogen-bond donors (Lipinski definition) is 2. The van der Waals surface area contributed by atoms with Gasteiger partial charge in [-0.25, -0.2) is 4.79 Å². The average Bonchev–Trinajstić information content (AvgIpc) is 2.75.